The number of rotatable bonds is 4. The Kier molecular flexibility index (Phi) is 4.97. The fourth-order valence-corrected chi connectivity index (χ4v) is 5.26. The predicted octanol–water partition coefficient (Wildman–Crippen LogP) is 4.77. The van der Waals surface area contributed by atoms with Crippen molar-refractivity contribution in [1.82, 2.24) is 29.4 Å². The average molecular weight is 499 g/mol. The molecule has 0 N–H and O–H groups in total. The molecule has 0 aliphatic heterocycles. The van der Waals surface area contributed by atoms with Crippen molar-refractivity contribution in [3.05, 3.63) is 124 Å². The first-order chi connectivity index (χ1) is 18.2. The Labute approximate surface area is 214 Å². The number of aromatic nitrogens is 6. The SMILES string of the molecule is O=c1/c(=C/c2cn(-c3ccccc3)nc2-c2ccc3ccccc3c2)sc2nc(-c3cccnc3)nn12. The summed E-state index contributed by atoms with van der Waals surface area (Å²) in [6.45, 7) is 0. The molecular formula is C29H18N6OS. The minimum atomic E-state index is -0.209. The highest BCUT2D eigenvalue weighted by Gasteiger charge is 2.15. The standard InChI is InChI=1S/C29H18N6OS/c36-28-25(37-29-31-27(33-35(28)29)22-9-6-14-30-17-22)16-23-18-34(24-10-2-1-3-11-24)32-26(23)21-13-12-19-7-4-5-8-20(19)15-21/h1-18H/b25-16-. The molecule has 0 saturated carbocycles. The lowest BCUT2D eigenvalue weighted by Crippen LogP contribution is -2.23. The molecule has 8 heteroatoms. The molecule has 0 bridgehead atoms. The number of nitrogens with zero attached hydrogens (tertiary/aromatic N) is 6. The Morgan fingerprint density at radius 2 is 1.65 bits per heavy atom. The molecule has 4 heterocycles. The van der Waals surface area contributed by atoms with Crippen molar-refractivity contribution in [3.63, 3.8) is 0 Å². The maximum absolute atomic E-state index is 13.3. The van der Waals surface area contributed by atoms with Crippen LogP contribution in [0.3, 0.4) is 0 Å². The third-order valence-electron chi connectivity index (χ3n) is 6.17. The second-order valence-electron chi connectivity index (χ2n) is 8.56. The van der Waals surface area contributed by atoms with Gasteiger partial charge in [0.15, 0.2) is 5.82 Å². The van der Waals surface area contributed by atoms with E-state index in [9.17, 15) is 4.79 Å². The van der Waals surface area contributed by atoms with Gasteiger partial charge in [0, 0.05) is 35.3 Å². The second kappa shape index (κ2) is 8.61. The third-order valence-corrected chi connectivity index (χ3v) is 7.13. The van der Waals surface area contributed by atoms with Crippen LogP contribution in [0.25, 0.3) is 50.1 Å². The molecule has 0 amide bonds. The zero-order valence-electron chi connectivity index (χ0n) is 19.4. The van der Waals surface area contributed by atoms with Gasteiger partial charge in [-0.2, -0.15) is 14.6 Å². The molecule has 176 valence electrons. The average Bonchev–Trinajstić information content (AvgIpc) is 3.64. The Morgan fingerprint density at radius 1 is 0.811 bits per heavy atom. The number of fused-ring (bicyclic) bond motifs is 2. The monoisotopic (exact) mass is 498 g/mol. The first kappa shape index (κ1) is 21.3. The van der Waals surface area contributed by atoms with Gasteiger partial charge in [-0.3, -0.25) is 9.78 Å². The van der Waals surface area contributed by atoms with Crippen molar-refractivity contribution in [2.45, 2.75) is 0 Å². The van der Waals surface area contributed by atoms with Gasteiger partial charge in [-0.15, -0.1) is 5.10 Å². The zero-order chi connectivity index (χ0) is 24.8. The van der Waals surface area contributed by atoms with Gasteiger partial charge in [0.1, 0.15) is 5.69 Å². The number of hydrogen-bond donors (Lipinski definition) is 0. The lowest BCUT2D eigenvalue weighted by atomic mass is 10.0. The summed E-state index contributed by atoms with van der Waals surface area (Å²) in [5.41, 5.74) is 4.11. The molecule has 0 atom stereocenters. The molecule has 0 radical (unpaired) electrons. The minimum absolute atomic E-state index is 0.209. The van der Waals surface area contributed by atoms with Crippen molar-refractivity contribution < 1.29 is 0 Å². The zero-order valence-corrected chi connectivity index (χ0v) is 20.2. The van der Waals surface area contributed by atoms with Gasteiger partial charge in [-0.25, -0.2) is 4.68 Å². The van der Waals surface area contributed by atoms with Crippen LogP contribution in [0.15, 0.2) is 108 Å². The van der Waals surface area contributed by atoms with Crippen molar-refractivity contribution in [1.29, 1.82) is 0 Å². The molecule has 7 aromatic rings. The largest absolute Gasteiger partial charge is 0.291 e. The number of hydrogen-bond acceptors (Lipinski definition) is 6. The van der Waals surface area contributed by atoms with Crippen LogP contribution in [0.2, 0.25) is 0 Å². The van der Waals surface area contributed by atoms with Gasteiger partial charge in [-0.1, -0.05) is 65.9 Å². The molecule has 3 aromatic carbocycles. The third kappa shape index (κ3) is 3.80. The predicted molar refractivity (Wildman–Crippen MR) is 146 cm³/mol. The first-order valence-corrected chi connectivity index (χ1v) is 12.5. The van der Waals surface area contributed by atoms with Crippen LogP contribution in [0.5, 0.6) is 0 Å². The van der Waals surface area contributed by atoms with E-state index in [4.69, 9.17) is 5.10 Å². The van der Waals surface area contributed by atoms with Crippen LogP contribution in [0.4, 0.5) is 0 Å². The van der Waals surface area contributed by atoms with E-state index < -0.39 is 0 Å². The highest BCUT2D eigenvalue weighted by molar-refractivity contribution is 7.15. The van der Waals surface area contributed by atoms with E-state index in [-0.39, 0.29) is 5.56 Å². The van der Waals surface area contributed by atoms with Gasteiger partial charge in [-0.05, 0) is 47.2 Å². The van der Waals surface area contributed by atoms with E-state index in [1.165, 1.54) is 15.9 Å². The molecule has 37 heavy (non-hydrogen) atoms. The van der Waals surface area contributed by atoms with Crippen molar-refractivity contribution in [2.24, 2.45) is 0 Å². The Hall–Kier alpha value is -4.95. The molecule has 0 saturated heterocycles. The fraction of sp³-hybridized carbons (Fsp3) is 0. The van der Waals surface area contributed by atoms with Gasteiger partial charge in [0.2, 0.25) is 4.96 Å². The number of pyridine rings is 1. The summed E-state index contributed by atoms with van der Waals surface area (Å²) in [7, 11) is 0. The molecule has 0 fully saturated rings. The maximum Gasteiger partial charge on any atom is 0.291 e. The highest BCUT2D eigenvalue weighted by atomic mass is 32.1. The van der Waals surface area contributed by atoms with E-state index in [0.717, 1.165) is 38.8 Å². The molecular weight excluding hydrogens is 480 g/mol. The number of thiazole rings is 1. The number of benzene rings is 3. The summed E-state index contributed by atoms with van der Waals surface area (Å²) in [5.74, 6) is 0.483. The summed E-state index contributed by atoms with van der Waals surface area (Å²) < 4.78 is 3.75. The summed E-state index contributed by atoms with van der Waals surface area (Å²) >= 11 is 1.31. The first-order valence-electron chi connectivity index (χ1n) is 11.7. The minimum Gasteiger partial charge on any atom is -0.266 e. The second-order valence-corrected chi connectivity index (χ2v) is 9.57. The summed E-state index contributed by atoms with van der Waals surface area (Å²) in [6.07, 6.45) is 7.21. The molecule has 7 nitrogen and oxygen atoms in total. The van der Waals surface area contributed by atoms with Gasteiger partial charge in [0.25, 0.3) is 5.56 Å². The van der Waals surface area contributed by atoms with Gasteiger partial charge in [0.05, 0.1) is 10.2 Å². The van der Waals surface area contributed by atoms with Crippen molar-refractivity contribution in [2.75, 3.05) is 0 Å². The van der Waals surface area contributed by atoms with E-state index in [2.05, 4.69) is 45.4 Å². The maximum atomic E-state index is 13.3. The Morgan fingerprint density at radius 3 is 2.46 bits per heavy atom. The van der Waals surface area contributed by atoms with Crippen molar-refractivity contribution >= 4 is 33.1 Å². The number of para-hydroxylation sites is 1. The molecule has 0 aliphatic carbocycles. The lowest BCUT2D eigenvalue weighted by molar-refractivity contribution is 0.884. The topological polar surface area (TPSA) is 78.0 Å². The van der Waals surface area contributed by atoms with E-state index in [1.807, 2.05) is 71.6 Å². The Balaban J connectivity index is 1.39. The van der Waals surface area contributed by atoms with Crippen LogP contribution in [0, 0.1) is 0 Å². The molecule has 0 aliphatic rings. The van der Waals surface area contributed by atoms with E-state index in [1.54, 1.807) is 12.4 Å². The Bertz CT molecular complexity index is 2010. The van der Waals surface area contributed by atoms with Crippen LogP contribution in [-0.2, 0) is 0 Å². The van der Waals surface area contributed by atoms with Crippen LogP contribution in [-0.4, -0.2) is 29.4 Å². The van der Waals surface area contributed by atoms with Crippen LogP contribution in [0.1, 0.15) is 5.56 Å². The normalized spacial score (nSPS) is 12.1. The highest BCUT2D eigenvalue weighted by Crippen LogP contribution is 2.28. The van der Waals surface area contributed by atoms with E-state index >= 15 is 0 Å². The summed E-state index contributed by atoms with van der Waals surface area (Å²) in [6, 6.07) is 28.2. The van der Waals surface area contributed by atoms with Crippen LogP contribution < -0.4 is 10.1 Å². The smallest absolute Gasteiger partial charge is 0.266 e. The molecule has 0 spiro atoms. The van der Waals surface area contributed by atoms with Gasteiger partial charge < -0.3 is 0 Å². The van der Waals surface area contributed by atoms with Gasteiger partial charge >= 0.3 is 0 Å². The quantitative estimate of drug-likeness (QED) is 0.350. The van der Waals surface area contributed by atoms with Crippen LogP contribution >= 0.6 is 11.3 Å². The molecule has 0 unspecified atom stereocenters. The molecule has 4 aromatic heterocycles. The summed E-state index contributed by atoms with van der Waals surface area (Å²) in [4.78, 5) is 22.5. The summed E-state index contributed by atoms with van der Waals surface area (Å²) in [5, 5.41) is 11.7. The fourth-order valence-electron chi connectivity index (χ4n) is 4.36. The van der Waals surface area contributed by atoms with Crippen molar-refractivity contribution in [3.8, 4) is 28.3 Å². The lowest BCUT2D eigenvalue weighted by Gasteiger charge is -2.03. The van der Waals surface area contributed by atoms with E-state index in [0.29, 0.717) is 15.3 Å². The molecule has 7 rings (SSSR count).